The number of nitrogens with one attached hydrogen (secondary N) is 2. The summed E-state index contributed by atoms with van der Waals surface area (Å²) in [6.45, 7) is 4.39. The molecule has 2 N–H and O–H groups in total. The average Bonchev–Trinajstić information content (AvgIpc) is 3.27. The number of carbonyl (C=O) groups is 1. The molecular formula is C26H29N7O3. The Labute approximate surface area is 209 Å². The summed E-state index contributed by atoms with van der Waals surface area (Å²) >= 11 is 0. The van der Waals surface area contributed by atoms with Gasteiger partial charge in [-0.1, -0.05) is 18.2 Å². The van der Waals surface area contributed by atoms with E-state index < -0.39 is 0 Å². The van der Waals surface area contributed by atoms with E-state index in [1.54, 1.807) is 0 Å². The normalized spacial score (nSPS) is 21.3. The number of hydrogen-bond donors (Lipinski definition) is 2. The fourth-order valence-corrected chi connectivity index (χ4v) is 4.82. The van der Waals surface area contributed by atoms with Gasteiger partial charge in [0.2, 0.25) is 11.9 Å². The van der Waals surface area contributed by atoms with Crippen molar-refractivity contribution in [3.63, 3.8) is 0 Å². The van der Waals surface area contributed by atoms with Gasteiger partial charge in [-0.15, -0.1) is 0 Å². The second kappa shape index (κ2) is 10.1. The zero-order valence-corrected chi connectivity index (χ0v) is 20.0. The molecule has 186 valence electrons. The monoisotopic (exact) mass is 487 g/mol. The summed E-state index contributed by atoms with van der Waals surface area (Å²) in [5.74, 6) is 1.97. The fourth-order valence-electron chi connectivity index (χ4n) is 4.82. The first-order valence-corrected chi connectivity index (χ1v) is 12.4. The van der Waals surface area contributed by atoms with Gasteiger partial charge in [-0.2, -0.15) is 15.0 Å². The lowest BCUT2D eigenvalue weighted by molar-refractivity contribution is 0.0299. The molecule has 3 aliphatic heterocycles. The highest BCUT2D eigenvalue weighted by atomic mass is 16.5. The maximum Gasteiger partial charge on any atom is 0.323 e. The van der Waals surface area contributed by atoms with Crippen molar-refractivity contribution in [2.75, 3.05) is 59.8 Å². The van der Waals surface area contributed by atoms with Crippen molar-refractivity contribution in [1.82, 2.24) is 15.0 Å². The van der Waals surface area contributed by atoms with Gasteiger partial charge in [0.1, 0.15) is 0 Å². The molecule has 1 aromatic heterocycles. The maximum absolute atomic E-state index is 12.3. The molecule has 3 saturated heterocycles. The second-order valence-electron chi connectivity index (χ2n) is 9.24. The third kappa shape index (κ3) is 5.09. The fraction of sp³-hybridized carbons (Fsp3) is 0.385. The van der Waals surface area contributed by atoms with Crippen LogP contribution in [0.4, 0.5) is 28.1 Å². The number of morpholine rings is 2. The molecule has 36 heavy (non-hydrogen) atoms. The molecular weight excluding hydrogens is 458 g/mol. The topological polar surface area (TPSA) is 105 Å². The third-order valence-electron chi connectivity index (χ3n) is 6.66. The van der Waals surface area contributed by atoms with Crippen molar-refractivity contribution in [3.05, 3.63) is 54.6 Å². The molecule has 0 aliphatic carbocycles. The Hall–Kier alpha value is -3.76. The van der Waals surface area contributed by atoms with Crippen molar-refractivity contribution in [3.8, 4) is 11.4 Å². The van der Waals surface area contributed by atoms with Crippen molar-refractivity contribution < 1.29 is 14.3 Å². The maximum atomic E-state index is 12.3. The zero-order chi connectivity index (χ0) is 24.3. The van der Waals surface area contributed by atoms with E-state index in [-0.39, 0.29) is 18.2 Å². The number of amides is 2. The van der Waals surface area contributed by atoms with Crippen LogP contribution in [0.5, 0.6) is 0 Å². The van der Waals surface area contributed by atoms with E-state index in [4.69, 9.17) is 24.4 Å². The van der Waals surface area contributed by atoms with Gasteiger partial charge in [0.15, 0.2) is 5.82 Å². The number of ether oxygens (including phenoxy) is 2. The Morgan fingerprint density at radius 3 is 2.06 bits per heavy atom. The molecule has 3 fully saturated rings. The Bertz CT molecular complexity index is 1190. The first kappa shape index (κ1) is 22.7. The summed E-state index contributed by atoms with van der Waals surface area (Å²) in [5.41, 5.74) is 2.27. The van der Waals surface area contributed by atoms with Crippen LogP contribution in [0.2, 0.25) is 0 Å². The first-order chi connectivity index (χ1) is 17.7. The quantitative estimate of drug-likeness (QED) is 0.564. The highest BCUT2D eigenvalue weighted by Gasteiger charge is 2.35. The van der Waals surface area contributed by atoms with Crippen molar-refractivity contribution in [2.24, 2.45) is 0 Å². The van der Waals surface area contributed by atoms with Crippen LogP contribution in [-0.4, -0.2) is 72.6 Å². The summed E-state index contributed by atoms with van der Waals surface area (Å²) in [7, 11) is 0. The third-order valence-corrected chi connectivity index (χ3v) is 6.66. The van der Waals surface area contributed by atoms with Crippen LogP contribution in [0.1, 0.15) is 12.8 Å². The standard InChI is InChI=1S/C26H29N7O3/c34-26(27-19-4-2-1-3-5-19)28-20-8-6-18(7-9-20)23-29-24(32-12-14-35-15-13-32)31-25(30-23)33-16-21-10-11-22(17-33)36-21/h1-9,21-22H,10-17H2,(H2,27,28,34). The number of urea groups is 1. The molecule has 2 atom stereocenters. The summed E-state index contributed by atoms with van der Waals surface area (Å²) in [6, 6.07) is 16.6. The summed E-state index contributed by atoms with van der Waals surface area (Å²) in [5, 5.41) is 5.69. The van der Waals surface area contributed by atoms with Crippen LogP contribution in [0, 0.1) is 0 Å². The van der Waals surface area contributed by atoms with E-state index in [0.29, 0.717) is 36.6 Å². The predicted octanol–water partition coefficient (Wildman–Crippen LogP) is 3.39. The summed E-state index contributed by atoms with van der Waals surface area (Å²) < 4.78 is 11.5. The lowest BCUT2D eigenvalue weighted by atomic mass is 10.2. The number of benzene rings is 2. The van der Waals surface area contributed by atoms with E-state index in [2.05, 4.69) is 20.4 Å². The van der Waals surface area contributed by atoms with E-state index in [0.717, 1.165) is 50.3 Å². The second-order valence-corrected chi connectivity index (χ2v) is 9.24. The molecule has 0 spiro atoms. The van der Waals surface area contributed by atoms with Crippen molar-refractivity contribution in [2.45, 2.75) is 25.0 Å². The number of aromatic nitrogens is 3. The summed E-state index contributed by atoms with van der Waals surface area (Å²) in [6.07, 6.45) is 2.65. The SMILES string of the molecule is O=C(Nc1ccccc1)Nc1ccc(-c2nc(N3CCOCC3)nc(N3CC4CCC(C3)O4)n2)cc1. The van der Waals surface area contributed by atoms with Gasteiger partial charge in [0.05, 0.1) is 25.4 Å². The van der Waals surface area contributed by atoms with Gasteiger partial charge >= 0.3 is 6.03 Å². The van der Waals surface area contributed by atoms with E-state index in [9.17, 15) is 4.79 Å². The zero-order valence-electron chi connectivity index (χ0n) is 20.0. The molecule has 0 radical (unpaired) electrons. The van der Waals surface area contributed by atoms with Crippen LogP contribution in [0.15, 0.2) is 54.6 Å². The van der Waals surface area contributed by atoms with Crippen LogP contribution >= 0.6 is 0 Å². The molecule has 4 heterocycles. The molecule has 3 aromatic rings. The number of rotatable bonds is 5. The Kier molecular flexibility index (Phi) is 6.35. The minimum absolute atomic E-state index is 0.239. The number of nitrogens with zero attached hydrogens (tertiary/aromatic N) is 5. The lowest BCUT2D eigenvalue weighted by Crippen LogP contribution is -2.44. The van der Waals surface area contributed by atoms with Gasteiger partial charge in [0, 0.05) is 43.1 Å². The van der Waals surface area contributed by atoms with E-state index >= 15 is 0 Å². The van der Waals surface area contributed by atoms with Crippen LogP contribution in [-0.2, 0) is 9.47 Å². The van der Waals surface area contributed by atoms with E-state index in [1.165, 1.54) is 0 Å². The average molecular weight is 488 g/mol. The Morgan fingerprint density at radius 1 is 0.778 bits per heavy atom. The molecule has 6 rings (SSSR count). The van der Waals surface area contributed by atoms with Gasteiger partial charge in [-0.25, -0.2) is 4.79 Å². The van der Waals surface area contributed by atoms with Crippen molar-refractivity contribution >= 4 is 29.3 Å². The number of para-hydroxylation sites is 1. The minimum atomic E-state index is -0.298. The predicted molar refractivity (Wildman–Crippen MR) is 137 cm³/mol. The van der Waals surface area contributed by atoms with Crippen LogP contribution in [0.3, 0.4) is 0 Å². The molecule has 2 unspecified atom stereocenters. The Balaban J connectivity index is 1.23. The molecule has 10 nitrogen and oxygen atoms in total. The number of carbonyl (C=O) groups excluding carboxylic acids is 1. The smallest absolute Gasteiger partial charge is 0.323 e. The molecule has 2 amide bonds. The lowest BCUT2D eigenvalue weighted by Gasteiger charge is -2.33. The minimum Gasteiger partial charge on any atom is -0.378 e. The molecule has 2 bridgehead atoms. The van der Waals surface area contributed by atoms with Crippen LogP contribution in [0.25, 0.3) is 11.4 Å². The summed E-state index contributed by atoms with van der Waals surface area (Å²) in [4.78, 5) is 31.2. The molecule has 10 heteroatoms. The van der Waals surface area contributed by atoms with Gasteiger partial charge < -0.3 is 29.9 Å². The number of hydrogen-bond acceptors (Lipinski definition) is 8. The molecule has 3 aliphatic rings. The van der Waals surface area contributed by atoms with Gasteiger partial charge in [-0.05, 0) is 49.2 Å². The van der Waals surface area contributed by atoms with E-state index in [1.807, 2.05) is 54.6 Å². The van der Waals surface area contributed by atoms with Crippen LogP contribution < -0.4 is 20.4 Å². The van der Waals surface area contributed by atoms with Gasteiger partial charge in [0.25, 0.3) is 0 Å². The molecule has 0 saturated carbocycles. The highest BCUT2D eigenvalue weighted by Crippen LogP contribution is 2.30. The van der Waals surface area contributed by atoms with Crippen molar-refractivity contribution in [1.29, 1.82) is 0 Å². The number of fused-ring (bicyclic) bond motifs is 2. The Morgan fingerprint density at radius 2 is 1.39 bits per heavy atom. The first-order valence-electron chi connectivity index (χ1n) is 12.4. The highest BCUT2D eigenvalue weighted by molar-refractivity contribution is 5.99. The number of anilines is 4. The molecule has 2 aromatic carbocycles. The van der Waals surface area contributed by atoms with Gasteiger partial charge in [-0.3, -0.25) is 0 Å². The largest absolute Gasteiger partial charge is 0.378 e.